The smallest absolute Gasteiger partial charge is 0.178 e. The SMILES string of the molecule is CN(c1ccc(C(C)(C)C)nn1)C1CN(c2ccc3nnc(C4CCC4)n3n2)C1. The second-order valence-corrected chi connectivity index (χ2v) is 9.34. The first-order valence-corrected chi connectivity index (χ1v) is 10.4. The summed E-state index contributed by atoms with van der Waals surface area (Å²) in [6, 6.07) is 8.62. The van der Waals surface area contributed by atoms with E-state index >= 15 is 0 Å². The number of aromatic nitrogens is 6. The molecule has 1 saturated heterocycles. The molecule has 0 unspecified atom stereocenters. The molecule has 5 rings (SSSR count). The van der Waals surface area contributed by atoms with Crippen LogP contribution in [0.1, 0.15) is 57.5 Å². The molecule has 0 spiro atoms. The van der Waals surface area contributed by atoms with E-state index in [2.05, 4.69) is 70.1 Å². The zero-order chi connectivity index (χ0) is 20.2. The molecule has 2 fully saturated rings. The summed E-state index contributed by atoms with van der Waals surface area (Å²) in [7, 11) is 2.09. The summed E-state index contributed by atoms with van der Waals surface area (Å²) in [4.78, 5) is 4.51. The molecule has 0 aromatic carbocycles. The molecule has 3 aromatic rings. The predicted octanol–water partition coefficient (Wildman–Crippen LogP) is 2.80. The molecule has 29 heavy (non-hydrogen) atoms. The highest BCUT2D eigenvalue weighted by atomic mass is 15.4. The van der Waals surface area contributed by atoms with Crippen molar-refractivity contribution in [1.82, 2.24) is 30.0 Å². The molecule has 0 radical (unpaired) electrons. The van der Waals surface area contributed by atoms with Crippen LogP contribution in [0, 0.1) is 0 Å². The number of fused-ring (bicyclic) bond motifs is 1. The van der Waals surface area contributed by atoms with Crippen LogP contribution in [0.4, 0.5) is 11.6 Å². The summed E-state index contributed by atoms with van der Waals surface area (Å²) in [5.41, 5.74) is 1.86. The maximum absolute atomic E-state index is 4.84. The first kappa shape index (κ1) is 18.3. The van der Waals surface area contributed by atoms with Crippen molar-refractivity contribution in [3.05, 3.63) is 35.8 Å². The summed E-state index contributed by atoms with van der Waals surface area (Å²) in [6.07, 6.45) is 3.66. The summed E-state index contributed by atoms with van der Waals surface area (Å²) in [5.74, 6) is 3.42. The fourth-order valence-electron chi connectivity index (χ4n) is 3.87. The van der Waals surface area contributed by atoms with Crippen LogP contribution in [0.15, 0.2) is 24.3 Å². The first-order valence-electron chi connectivity index (χ1n) is 10.4. The standard InChI is InChI=1S/C21H28N8/c1-21(2,3)16-8-9-17(23-22-16)27(4)15-12-28(13-15)19-11-10-18-24-25-20(29(18)26-19)14-6-5-7-14/h8-11,14-15H,5-7,12-13H2,1-4H3. The number of hydrogen-bond donors (Lipinski definition) is 0. The second-order valence-electron chi connectivity index (χ2n) is 9.34. The molecule has 4 heterocycles. The third-order valence-corrected chi connectivity index (χ3v) is 6.26. The van der Waals surface area contributed by atoms with Crippen molar-refractivity contribution in [2.75, 3.05) is 29.9 Å². The van der Waals surface area contributed by atoms with Crippen LogP contribution in [0.25, 0.3) is 5.65 Å². The van der Waals surface area contributed by atoms with Gasteiger partial charge in [-0.1, -0.05) is 27.2 Å². The zero-order valence-electron chi connectivity index (χ0n) is 17.6. The zero-order valence-corrected chi connectivity index (χ0v) is 17.6. The van der Waals surface area contributed by atoms with Crippen LogP contribution >= 0.6 is 0 Å². The van der Waals surface area contributed by atoms with E-state index in [0.717, 1.165) is 41.9 Å². The van der Waals surface area contributed by atoms with Gasteiger partial charge in [0.15, 0.2) is 17.3 Å². The summed E-state index contributed by atoms with van der Waals surface area (Å²) >= 11 is 0. The number of nitrogens with zero attached hydrogens (tertiary/aromatic N) is 8. The molecule has 0 amide bonds. The third-order valence-electron chi connectivity index (χ3n) is 6.26. The Morgan fingerprint density at radius 3 is 2.38 bits per heavy atom. The van der Waals surface area contributed by atoms with Gasteiger partial charge in [-0.2, -0.15) is 9.61 Å². The number of hydrogen-bond acceptors (Lipinski definition) is 7. The quantitative estimate of drug-likeness (QED) is 0.676. The molecule has 1 aliphatic carbocycles. The van der Waals surface area contributed by atoms with Crippen molar-refractivity contribution >= 4 is 17.3 Å². The van der Waals surface area contributed by atoms with E-state index in [4.69, 9.17) is 5.10 Å². The van der Waals surface area contributed by atoms with Crippen molar-refractivity contribution in [3.8, 4) is 0 Å². The lowest BCUT2D eigenvalue weighted by atomic mass is 9.85. The average Bonchev–Trinajstić information content (AvgIpc) is 3.01. The van der Waals surface area contributed by atoms with Crippen LogP contribution in [0.2, 0.25) is 0 Å². The molecule has 2 aliphatic rings. The molecule has 8 nitrogen and oxygen atoms in total. The Morgan fingerprint density at radius 1 is 0.966 bits per heavy atom. The fraction of sp³-hybridized carbons (Fsp3) is 0.571. The molecule has 3 aromatic heterocycles. The van der Waals surface area contributed by atoms with E-state index in [9.17, 15) is 0 Å². The van der Waals surface area contributed by atoms with E-state index < -0.39 is 0 Å². The van der Waals surface area contributed by atoms with Gasteiger partial charge in [0.2, 0.25) is 0 Å². The maximum atomic E-state index is 4.84. The van der Waals surface area contributed by atoms with Gasteiger partial charge in [-0.05, 0) is 37.1 Å². The minimum absolute atomic E-state index is 0.0161. The van der Waals surface area contributed by atoms with Gasteiger partial charge < -0.3 is 9.80 Å². The van der Waals surface area contributed by atoms with Crippen LogP contribution in [0.5, 0.6) is 0 Å². The van der Waals surface area contributed by atoms with E-state index in [-0.39, 0.29) is 5.41 Å². The van der Waals surface area contributed by atoms with E-state index in [0.29, 0.717) is 12.0 Å². The van der Waals surface area contributed by atoms with Crippen molar-refractivity contribution in [2.45, 2.75) is 57.4 Å². The normalized spacial score (nSPS) is 18.0. The molecular formula is C21H28N8. The van der Waals surface area contributed by atoms with E-state index in [1.807, 2.05) is 16.6 Å². The molecule has 0 atom stereocenters. The highest BCUT2D eigenvalue weighted by molar-refractivity contribution is 5.50. The van der Waals surface area contributed by atoms with Crippen LogP contribution in [-0.2, 0) is 5.41 Å². The van der Waals surface area contributed by atoms with Crippen molar-refractivity contribution < 1.29 is 0 Å². The Balaban J connectivity index is 1.28. The molecule has 1 saturated carbocycles. The monoisotopic (exact) mass is 392 g/mol. The van der Waals surface area contributed by atoms with Gasteiger partial charge in [-0.15, -0.1) is 20.4 Å². The molecular weight excluding hydrogens is 364 g/mol. The van der Waals surface area contributed by atoms with Gasteiger partial charge in [-0.25, -0.2) is 0 Å². The van der Waals surface area contributed by atoms with Gasteiger partial charge in [-0.3, -0.25) is 0 Å². The highest BCUT2D eigenvalue weighted by Crippen LogP contribution is 2.35. The number of likely N-dealkylation sites (N-methyl/N-ethyl adjacent to an activating group) is 1. The first-order chi connectivity index (χ1) is 13.9. The Morgan fingerprint density at radius 2 is 1.76 bits per heavy atom. The Labute approximate surface area is 170 Å². The second kappa shape index (κ2) is 6.64. The fourth-order valence-corrected chi connectivity index (χ4v) is 3.87. The average molecular weight is 393 g/mol. The topological polar surface area (TPSA) is 75.3 Å². The van der Waals surface area contributed by atoms with Gasteiger partial charge in [0.25, 0.3) is 0 Å². The van der Waals surface area contributed by atoms with Crippen LogP contribution < -0.4 is 9.80 Å². The molecule has 152 valence electrons. The highest BCUT2D eigenvalue weighted by Gasteiger charge is 2.33. The maximum Gasteiger partial charge on any atom is 0.178 e. The lowest BCUT2D eigenvalue weighted by Crippen LogP contribution is -2.59. The predicted molar refractivity (Wildman–Crippen MR) is 113 cm³/mol. The van der Waals surface area contributed by atoms with Crippen LogP contribution in [-0.4, -0.2) is 56.2 Å². The van der Waals surface area contributed by atoms with Crippen LogP contribution in [0.3, 0.4) is 0 Å². The largest absolute Gasteiger partial charge is 0.352 e. The summed E-state index contributed by atoms with van der Waals surface area (Å²) < 4.78 is 1.94. The lowest BCUT2D eigenvalue weighted by Gasteiger charge is -2.44. The van der Waals surface area contributed by atoms with Crippen molar-refractivity contribution in [3.63, 3.8) is 0 Å². The Hall–Kier alpha value is -2.77. The minimum Gasteiger partial charge on any atom is -0.352 e. The Kier molecular flexibility index (Phi) is 4.18. The molecule has 0 bridgehead atoms. The van der Waals surface area contributed by atoms with Gasteiger partial charge in [0.1, 0.15) is 5.82 Å². The van der Waals surface area contributed by atoms with Gasteiger partial charge in [0, 0.05) is 31.5 Å². The van der Waals surface area contributed by atoms with Gasteiger partial charge in [0.05, 0.1) is 11.7 Å². The van der Waals surface area contributed by atoms with E-state index in [1.54, 1.807) is 0 Å². The molecule has 0 N–H and O–H groups in total. The molecule has 8 heteroatoms. The Bertz CT molecular complexity index is 1010. The van der Waals surface area contributed by atoms with Crippen molar-refractivity contribution in [1.29, 1.82) is 0 Å². The third kappa shape index (κ3) is 3.20. The van der Waals surface area contributed by atoms with Gasteiger partial charge >= 0.3 is 0 Å². The number of rotatable bonds is 4. The minimum atomic E-state index is 0.0161. The lowest BCUT2D eigenvalue weighted by molar-refractivity contribution is 0.394. The van der Waals surface area contributed by atoms with E-state index in [1.165, 1.54) is 19.3 Å². The summed E-state index contributed by atoms with van der Waals surface area (Å²) in [5, 5.41) is 22.4. The number of anilines is 2. The van der Waals surface area contributed by atoms with Crippen molar-refractivity contribution in [2.24, 2.45) is 0 Å². The summed E-state index contributed by atoms with van der Waals surface area (Å²) in [6.45, 7) is 8.29. The molecule has 1 aliphatic heterocycles.